The molecule has 18 heavy (non-hydrogen) atoms. The number of aromatic nitrogens is 1. The van der Waals surface area contributed by atoms with Crippen molar-refractivity contribution in [3.8, 4) is 0 Å². The Morgan fingerprint density at radius 3 is 2.83 bits per heavy atom. The van der Waals surface area contributed by atoms with Crippen molar-refractivity contribution < 1.29 is 4.79 Å². The number of carbonyl (C=O) groups excluding carboxylic acids is 1. The zero-order valence-electron chi connectivity index (χ0n) is 10.7. The molecule has 98 valence electrons. The Bertz CT molecular complexity index is 464. The summed E-state index contributed by atoms with van der Waals surface area (Å²) in [4.78, 5) is 14.6. The second-order valence-electron chi connectivity index (χ2n) is 5.50. The molecule has 1 atom stereocenters. The van der Waals surface area contributed by atoms with E-state index in [1.54, 1.807) is 0 Å². The molecule has 0 bridgehead atoms. The molecule has 3 rings (SSSR count). The Morgan fingerprint density at radius 2 is 2.22 bits per heavy atom. The summed E-state index contributed by atoms with van der Waals surface area (Å²) in [5.41, 5.74) is 0.862. The molecule has 1 saturated heterocycles. The molecule has 2 aliphatic rings. The second-order valence-corrected chi connectivity index (χ2v) is 6.41. The first-order valence-corrected chi connectivity index (χ1v) is 7.65. The molecular weight excluding hydrogens is 292 g/mol. The first-order valence-electron chi connectivity index (χ1n) is 6.85. The third-order valence-electron chi connectivity index (χ3n) is 4.12. The highest BCUT2D eigenvalue weighted by Crippen LogP contribution is 2.38. The molecule has 1 aromatic heterocycles. The Hall–Kier alpha value is -0.770. The van der Waals surface area contributed by atoms with Crippen LogP contribution in [0.15, 0.2) is 16.7 Å². The number of likely N-dealkylation sites (tertiary alicyclic amines) is 1. The van der Waals surface area contributed by atoms with Crippen LogP contribution in [-0.2, 0) is 0 Å². The van der Waals surface area contributed by atoms with Crippen LogP contribution >= 0.6 is 15.9 Å². The van der Waals surface area contributed by atoms with Crippen LogP contribution in [0.25, 0.3) is 0 Å². The third-order valence-corrected chi connectivity index (χ3v) is 4.56. The highest BCUT2D eigenvalue weighted by Gasteiger charge is 2.31. The van der Waals surface area contributed by atoms with Crippen molar-refractivity contribution in [2.45, 2.75) is 38.6 Å². The quantitative estimate of drug-likeness (QED) is 0.839. The number of hydrogen-bond acceptors (Lipinski definition) is 1. The Kier molecular flexibility index (Phi) is 3.22. The fourth-order valence-electron chi connectivity index (χ4n) is 2.78. The average Bonchev–Trinajstić information content (AvgIpc) is 2.97. The van der Waals surface area contributed by atoms with Crippen molar-refractivity contribution in [3.63, 3.8) is 0 Å². The van der Waals surface area contributed by atoms with Crippen molar-refractivity contribution in [2.75, 3.05) is 13.1 Å². The van der Waals surface area contributed by atoms with Crippen LogP contribution in [0.5, 0.6) is 0 Å². The molecule has 1 saturated carbocycles. The number of rotatable bonds is 3. The summed E-state index contributed by atoms with van der Waals surface area (Å²) >= 11 is 3.49. The van der Waals surface area contributed by atoms with Gasteiger partial charge in [-0.1, -0.05) is 13.3 Å². The van der Waals surface area contributed by atoms with E-state index in [-0.39, 0.29) is 5.91 Å². The fourth-order valence-corrected chi connectivity index (χ4v) is 3.22. The maximum Gasteiger partial charge on any atom is 0.270 e. The summed E-state index contributed by atoms with van der Waals surface area (Å²) in [6, 6.07) is 2.53. The Morgan fingerprint density at radius 1 is 1.44 bits per heavy atom. The van der Waals surface area contributed by atoms with Crippen molar-refractivity contribution in [1.29, 1.82) is 0 Å². The maximum atomic E-state index is 12.6. The first kappa shape index (κ1) is 12.3. The molecule has 0 radical (unpaired) electrons. The lowest BCUT2D eigenvalue weighted by atomic mass is 10.1. The molecule has 1 unspecified atom stereocenters. The summed E-state index contributed by atoms with van der Waals surface area (Å²) in [7, 11) is 0. The zero-order valence-corrected chi connectivity index (χ0v) is 12.3. The minimum Gasteiger partial charge on any atom is -0.339 e. The Balaban J connectivity index is 1.80. The van der Waals surface area contributed by atoms with Crippen LogP contribution in [-0.4, -0.2) is 28.5 Å². The number of nitrogens with zero attached hydrogens (tertiary/aromatic N) is 2. The minimum absolute atomic E-state index is 0.212. The van der Waals surface area contributed by atoms with Gasteiger partial charge in [0.1, 0.15) is 5.69 Å². The van der Waals surface area contributed by atoms with E-state index in [4.69, 9.17) is 0 Å². The molecule has 3 nitrogen and oxygen atoms in total. The van der Waals surface area contributed by atoms with E-state index in [1.165, 1.54) is 19.3 Å². The van der Waals surface area contributed by atoms with Gasteiger partial charge in [-0.05, 0) is 47.2 Å². The minimum atomic E-state index is 0.212. The van der Waals surface area contributed by atoms with E-state index in [2.05, 4.69) is 33.6 Å². The van der Waals surface area contributed by atoms with Gasteiger partial charge in [-0.2, -0.15) is 0 Å². The summed E-state index contributed by atoms with van der Waals surface area (Å²) in [6.07, 6.45) is 6.81. The van der Waals surface area contributed by atoms with Gasteiger partial charge in [0.25, 0.3) is 5.91 Å². The molecule has 2 heterocycles. The van der Waals surface area contributed by atoms with E-state index < -0.39 is 0 Å². The van der Waals surface area contributed by atoms with Gasteiger partial charge < -0.3 is 9.47 Å². The first-order chi connectivity index (χ1) is 8.69. The van der Waals surface area contributed by atoms with Gasteiger partial charge in [0.2, 0.25) is 0 Å². The second kappa shape index (κ2) is 4.72. The predicted molar refractivity (Wildman–Crippen MR) is 74.7 cm³/mol. The molecule has 1 aliphatic heterocycles. The molecule has 1 aromatic rings. The molecule has 1 amide bonds. The van der Waals surface area contributed by atoms with Crippen LogP contribution in [0.1, 0.15) is 49.1 Å². The van der Waals surface area contributed by atoms with Crippen LogP contribution in [0.2, 0.25) is 0 Å². The van der Waals surface area contributed by atoms with E-state index in [9.17, 15) is 4.79 Å². The highest BCUT2D eigenvalue weighted by atomic mass is 79.9. The van der Waals surface area contributed by atoms with E-state index in [1.807, 2.05) is 11.0 Å². The molecular formula is C14H19BrN2O. The smallest absolute Gasteiger partial charge is 0.270 e. The van der Waals surface area contributed by atoms with Gasteiger partial charge >= 0.3 is 0 Å². The average molecular weight is 311 g/mol. The summed E-state index contributed by atoms with van der Waals surface area (Å²) < 4.78 is 3.18. The topological polar surface area (TPSA) is 25.2 Å². The van der Waals surface area contributed by atoms with Crippen LogP contribution in [0.4, 0.5) is 0 Å². The fraction of sp³-hybridized carbons (Fsp3) is 0.643. The summed E-state index contributed by atoms with van der Waals surface area (Å²) in [5.74, 6) is 0.908. The van der Waals surface area contributed by atoms with Gasteiger partial charge in [0.15, 0.2) is 0 Å². The molecule has 0 aromatic carbocycles. The SMILES string of the molecule is CCC1CCN(C(=O)c2cc(Br)cn2C2CC2)C1. The maximum absolute atomic E-state index is 12.6. The lowest BCUT2D eigenvalue weighted by molar-refractivity contribution is 0.0776. The molecule has 0 spiro atoms. The zero-order chi connectivity index (χ0) is 12.7. The Labute approximate surface area is 116 Å². The lowest BCUT2D eigenvalue weighted by Gasteiger charge is -2.17. The third kappa shape index (κ3) is 2.22. The lowest BCUT2D eigenvalue weighted by Crippen LogP contribution is -2.30. The summed E-state index contributed by atoms with van der Waals surface area (Å²) in [6.45, 7) is 4.07. The molecule has 4 heteroatoms. The van der Waals surface area contributed by atoms with Gasteiger partial charge in [-0.25, -0.2) is 0 Å². The van der Waals surface area contributed by atoms with E-state index in [0.29, 0.717) is 12.0 Å². The highest BCUT2D eigenvalue weighted by molar-refractivity contribution is 9.10. The van der Waals surface area contributed by atoms with Gasteiger partial charge in [-0.3, -0.25) is 4.79 Å². The number of carbonyl (C=O) groups is 1. The monoisotopic (exact) mass is 310 g/mol. The van der Waals surface area contributed by atoms with Crippen molar-refractivity contribution in [1.82, 2.24) is 9.47 Å². The van der Waals surface area contributed by atoms with Crippen molar-refractivity contribution in [3.05, 3.63) is 22.4 Å². The number of amides is 1. The predicted octanol–water partition coefficient (Wildman–Crippen LogP) is 3.46. The van der Waals surface area contributed by atoms with Crippen LogP contribution < -0.4 is 0 Å². The summed E-state index contributed by atoms with van der Waals surface area (Å²) in [5, 5.41) is 0. The normalized spacial score (nSPS) is 23.7. The van der Waals surface area contributed by atoms with E-state index >= 15 is 0 Å². The van der Waals surface area contributed by atoms with Crippen molar-refractivity contribution in [2.24, 2.45) is 5.92 Å². The van der Waals surface area contributed by atoms with Gasteiger partial charge in [0, 0.05) is 29.8 Å². The number of hydrogen-bond donors (Lipinski definition) is 0. The van der Waals surface area contributed by atoms with E-state index in [0.717, 1.165) is 29.7 Å². The van der Waals surface area contributed by atoms with Crippen LogP contribution in [0.3, 0.4) is 0 Å². The molecule has 0 N–H and O–H groups in total. The van der Waals surface area contributed by atoms with Crippen molar-refractivity contribution >= 4 is 21.8 Å². The largest absolute Gasteiger partial charge is 0.339 e. The van der Waals surface area contributed by atoms with Crippen LogP contribution in [0, 0.1) is 5.92 Å². The molecule has 2 fully saturated rings. The van der Waals surface area contributed by atoms with Gasteiger partial charge in [-0.15, -0.1) is 0 Å². The van der Waals surface area contributed by atoms with Gasteiger partial charge in [0.05, 0.1) is 0 Å². The molecule has 1 aliphatic carbocycles. The number of halogens is 1. The standard InChI is InChI=1S/C14H19BrN2O/c1-2-10-5-6-16(8-10)14(18)13-7-11(15)9-17(13)12-3-4-12/h7,9-10,12H,2-6,8H2,1H3.